The molecule has 0 aliphatic carbocycles. The average Bonchev–Trinajstić information content (AvgIpc) is 3.10. The van der Waals surface area contributed by atoms with Gasteiger partial charge in [-0.3, -0.25) is 9.89 Å². The second kappa shape index (κ2) is 7.63. The van der Waals surface area contributed by atoms with Crippen LogP contribution in [-0.2, 0) is 6.42 Å². The summed E-state index contributed by atoms with van der Waals surface area (Å²) in [5, 5.41) is 10.6. The summed E-state index contributed by atoms with van der Waals surface area (Å²) < 4.78 is 0. The van der Waals surface area contributed by atoms with Crippen molar-refractivity contribution < 1.29 is 4.79 Å². The van der Waals surface area contributed by atoms with Gasteiger partial charge in [-0.1, -0.05) is 6.92 Å². The summed E-state index contributed by atoms with van der Waals surface area (Å²) in [7, 11) is 0. The third-order valence-electron chi connectivity index (χ3n) is 4.49. The molecule has 134 valence electrons. The first kappa shape index (κ1) is 17.4. The lowest BCUT2D eigenvalue weighted by molar-refractivity contribution is 0.0711. The molecule has 3 heterocycles. The number of aryl methyl sites for hydroxylation is 1. The molecule has 1 aliphatic heterocycles. The van der Waals surface area contributed by atoms with Crippen molar-refractivity contribution in [1.82, 2.24) is 25.1 Å². The van der Waals surface area contributed by atoms with Gasteiger partial charge < -0.3 is 10.2 Å². The van der Waals surface area contributed by atoms with Crippen LogP contribution in [0.15, 0.2) is 18.3 Å². The molecule has 7 heteroatoms. The van der Waals surface area contributed by atoms with E-state index in [1.54, 1.807) is 6.20 Å². The minimum Gasteiger partial charge on any atom is -0.367 e. The third-order valence-corrected chi connectivity index (χ3v) is 4.49. The second-order valence-corrected chi connectivity index (χ2v) is 6.76. The number of H-pyrrole nitrogens is 1. The number of likely N-dealkylation sites (tertiary alicyclic amines) is 1. The van der Waals surface area contributed by atoms with Crippen LogP contribution < -0.4 is 5.32 Å². The van der Waals surface area contributed by atoms with Gasteiger partial charge in [0.15, 0.2) is 5.82 Å². The first-order chi connectivity index (χ1) is 12.1. The molecule has 0 aromatic carbocycles. The molecule has 0 bridgehead atoms. The summed E-state index contributed by atoms with van der Waals surface area (Å²) in [5.41, 5.74) is 0.640. The van der Waals surface area contributed by atoms with E-state index in [0.29, 0.717) is 17.3 Å². The monoisotopic (exact) mass is 342 g/mol. The summed E-state index contributed by atoms with van der Waals surface area (Å²) in [5.74, 6) is 2.83. The van der Waals surface area contributed by atoms with E-state index in [-0.39, 0.29) is 11.9 Å². The summed E-state index contributed by atoms with van der Waals surface area (Å²) in [6.45, 7) is 7.57. The van der Waals surface area contributed by atoms with Crippen LogP contribution in [-0.4, -0.2) is 50.1 Å². The van der Waals surface area contributed by atoms with Crippen LogP contribution in [0.4, 0.5) is 5.82 Å². The van der Waals surface area contributed by atoms with E-state index in [9.17, 15) is 4.79 Å². The Labute approximate surface area is 148 Å². The maximum Gasteiger partial charge on any atom is 0.257 e. The molecule has 0 atom stereocenters. The summed E-state index contributed by atoms with van der Waals surface area (Å²) in [4.78, 5) is 23.7. The number of pyridine rings is 1. The molecule has 0 radical (unpaired) electrons. The van der Waals surface area contributed by atoms with Crippen molar-refractivity contribution in [1.29, 1.82) is 0 Å². The molecule has 2 aromatic rings. The molecule has 1 saturated heterocycles. The Morgan fingerprint density at radius 1 is 1.40 bits per heavy atom. The Kier molecular flexibility index (Phi) is 5.31. The number of aromatic amines is 1. The maximum absolute atomic E-state index is 12.9. The molecule has 1 fully saturated rings. The number of hydrogen-bond donors (Lipinski definition) is 2. The van der Waals surface area contributed by atoms with Gasteiger partial charge in [0.1, 0.15) is 11.6 Å². The number of amides is 1. The standard InChI is InChI=1S/C18H26N6O/c1-4-15-21-16(23-22-15)13-7-10-24(11-8-13)18(25)14-6-5-9-19-17(14)20-12(2)3/h5-6,9,12-13H,4,7-8,10-11H2,1-3H3,(H,19,20)(H,21,22,23). The molecular weight excluding hydrogens is 316 g/mol. The van der Waals surface area contributed by atoms with Gasteiger partial charge in [-0.05, 0) is 38.8 Å². The van der Waals surface area contributed by atoms with Crippen molar-refractivity contribution in [2.75, 3.05) is 18.4 Å². The normalized spacial score (nSPS) is 15.6. The number of hydrogen-bond acceptors (Lipinski definition) is 5. The van der Waals surface area contributed by atoms with Crippen molar-refractivity contribution >= 4 is 11.7 Å². The minimum absolute atomic E-state index is 0.0407. The Morgan fingerprint density at radius 2 is 2.16 bits per heavy atom. The number of rotatable bonds is 5. The number of piperidine rings is 1. The van der Waals surface area contributed by atoms with E-state index in [1.807, 2.05) is 30.9 Å². The molecular formula is C18H26N6O. The lowest BCUT2D eigenvalue weighted by atomic mass is 9.95. The number of anilines is 1. The zero-order chi connectivity index (χ0) is 17.8. The van der Waals surface area contributed by atoms with Crippen molar-refractivity contribution in [3.05, 3.63) is 35.5 Å². The van der Waals surface area contributed by atoms with Gasteiger partial charge in [-0.15, -0.1) is 0 Å². The first-order valence-corrected chi connectivity index (χ1v) is 9.00. The smallest absolute Gasteiger partial charge is 0.257 e. The number of nitrogens with one attached hydrogen (secondary N) is 2. The molecule has 1 amide bonds. The Bertz CT molecular complexity index is 718. The highest BCUT2D eigenvalue weighted by Gasteiger charge is 2.28. The van der Waals surface area contributed by atoms with Crippen LogP contribution in [0.25, 0.3) is 0 Å². The second-order valence-electron chi connectivity index (χ2n) is 6.76. The van der Waals surface area contributed by atoms with E-state index >= 15 is 0 Å². The topological polar surface area (TPSA) is 86.8 Å². The zero-order valence-corrected chi connectivity index (χ0v) is 15.1. The molecule has 0 spiro atoms. The average molecular weight is 342 g/mol. The van der Waals surface area contributed by atoms with Crippen LogP contribution in [0.1, 0.15) is 61.5 Å². The highest BCUT2D eigenvalue weighted by atomic mass is 16.2. The summed E-state index contributed by atoms with van der Waals surface area (Å²) in [6, 6.07) is 3.88. The molecule has 0 saturated carbocycles. The fraction of sp³-hybridized carbons (Fsp3) is 0.556. The molecule has 1 aliphatic rings. The molecule has 7 nitrogen and oxygen atoms in total. The summed E-state index contributed by atoms with van der Waals surface area (Å²) >= 11 is 0. The molecule has 25 heavy (non-hydrogen) atoms. The molecule has 2 aromatic heterocycles. The lowest BCUT2D eigenvalue weighted by Crippen LogP contribution is -2.38. The van der Waals surface area contributed by atoms with E-state index < -0.39 is 0 Å². The lowest BCUT2D eigenvalue weighted by Gasteiger charge is -2.31. The van der Waals surface area contributed by atoms with Gasteiger partial charge in [0.05, 0.1) is 5.56 Å². The third kappa shape index (κ3) is 3.97. The van der Waals surface area contributed by atoms with Gasteiger partial charge in [-0.2, -0.15) is 5.10 Å². The quantitative estimate of drug-likeness (QED) is 0.872. The largest absolute Gasteiger partial charge is 0.367 e. The molecule has 0 unspecified atom stereocenters. The van der Waals surface area contributed by atoms with Crippen LogP contribution >= 0.6 is 0 Å². The predicted molar refractivity (Wildman–Crippen MR) is 96.6 cm³/mol. The van der Waals surface area contributed by atoms with Crippen LogP contribution in [0.3, 0.4) is 0 Å². The Balaban J connectivity index is 1.66. The van der Waals surface area contributed by atoms with Crippen LogP contribution in [0, 0.1) is 0 Å². The van der Waals surface area contributed by atoms with Crippen molar-refractivity contribution in [2.24, 2.45) is 0 Å². The van der Waals surface area contributed by atoms with Gasteiger partial charge >= 0.3 is 0 Å². The highest BCUT2D eigenvalue weighted by molar-refractivity contribution is 5.98. The van der Waals surface area contributed by atoms with Crippen molar-refractivity contribution in [3.8, 4) is 0 Å². The zero-order valence-electron chi connectivity index (χ0n) is 15.1. The molecule has 3 rings (SSSR count). The number of carbonyl (C=O) groups excluding carboxylic acids is 1. The van der Waals surface area contributed by atoms with E-state index in [4.69, 9.17) is 0 Å². The van der Waals surface area contributed by atoms with Crippen molar-refractivity contribution in [3.63, 3.8) is 0 Å². The van der Waals surface area contributed by atoms with Gasteiger partial charge in [-0.25, -0.2) is 9.97 Å². The highest BCUT2D eigenvalue weighted by Crippen LogP contribution is 2.27. The minimum atomic E-state index is 0.0407. The van der Waals surface area contributed by atoms with E-state index in [1.165, 1.54) is 0 Å². The fourth-order valence-electron chi connectivity index (χ4n) is 3.13. The number of carbonyl (C=O) groups is 1. The predicted octanol–water partition coefficient (Wildman–Crippen LogP) is 2.60. The Hall–Kier alpha value is -2.44. The summed E-state index contributed by atoms with van der Waals surface area (Å²) in [6.07, 6.45) is 4.35. The molecule has 2 N–H and O–H groups in total. The van der Waals surface area contributed by atoms with E-state index in [2.05, 4.69) is 32.4 Å². The maximum atomic E-state index is 12.9. The van der Waals surface area contributed by atoms with Gasteiger partial charge in [0.25, 0.3) is 5.91 Å². The SMILES string of the molecule is CCc1nc(C2CCN(C(=O)c3cccnc3NC(C)C)CC2)n[nH]1. The van der Waals surface area contributed by atoms with Crippen LogP contribution in [0.5, 0.6) is 0 Å². The number of nitrogens with zero attached hydrogens (tertiary/aromatic N) is 4. The fourth-order valence-corrected chi connectivity index (χ4v) is 3.13. The van der Waals surface area contributed by atoms with E-state index in [0.717, 1.165) is 44.0 Å². The van der Waals surface area contributed by atoms with Crippen molar-refractivity contribution in [2.45, 2.75) is 52.0 Å². The number of aromatic nitrogens is 4. The first-order valence-electron chi connectivity index (χ1n) is 9.00. The van der Waals surface area contributed by atoms with Gasteiger partial charge in [0, 0.05) is 37.7 Å². The van der Waals surface area contributed by atoms with Gasteiger partial charge in [0.2, 0.25) is 0 Å². The van der Waals surface area contributed by atoms with Crippen LogP contribution in [0.2, 0.25) is 0 Å². The Morgan fingerprint density at radius 3 is 2.80 bits per heavy atom.